The molecule has 0 heterocycles. The first-order valence-electron chi connectivity index (χ1n) is 5.76. The summed E-state index contributed by atoms with van der Waals surface area (Å²) in [6.07, 6.45) is 7.21. The Labute approximate surface area is 105 Å². The molecule has 1 aliphatic rings. The summed E-state index contributed by atoms with van der Waals surface area (Å²) in [6, 6.07) is 0. The van der Waals surface area contributed by atoms with Crippen molar-refractivity contribution in [2.75, 3.05) is 6.61 Å². The standard InChI is InChI=1S/C13H16O5/c14-8-7-13(11(16)4-5-12(17)18)6-2-1-3-10(13)9-15/h2,4-6,9-10,14H,1,3,7-8H2,(H,17,18)/b5-4+. The van der Waals surface area contributed by atoms with E-state index in [2.05, 4.69) is 0 Å². The minimum Gasteiger partial charge on any atom is -0.478 e. The van der Waals surface area contributed by atoms with Crippen LogP contribution in [-0.2, 0) is 14.4 Å². The van der Waals surface area contributed by atoms with E-state index in [4.69, 9.17) is 10.2 Å². The van der Waals surface area contributed by atoms with Crippen molar-refractivity contribution in [1.29, 1.82) is 0 Å². The Morgan fingerprint density at radius 1 is 1.39 bits per heavy atom. The lowest BCUT2D eigenvalue weighted by molar-refractivity contribution is -0.132. The molecule has 18 heavy (non-hydrogen) atoms. The van der Waals surface area contributed by atoms with Crippen LogP contribution >= 0.6 is 0 Å². The van der Waals surface area contributed by atoms with Crippen molar-refractivity contribution >= 4 is 18.0 Å². The first-order valence-corrected chi connectivity index (χ1v) is 5.76. The zero-order valence-electron chi connectivity index (χ0n) is 9.91. The van der Waals surface area contributed by atoms with Crippen molar-refractivity contribution in [3.63, 3.8) is 0 Å². The van der Waals surface area contributed by atoms with Crippen LogP contribution in [0.1, 0.15) is 19.3 Å². The average Bonchev–Trinajstić information content (AvgIpc) is 2.36. The number of hydrogen-bond acceptors (Lipinski definition) is 4. The lowest BCUT2D eigenvalue weighted by atomic mass is 9.66. The van der Waals surface area contributed by atoms with Gasteiger partial charge in [-0.3, -0.25) is 4.79 Å². The summed E-state index contributed by atoms with van der Waals surface area (Å²) in [7, 11) is 0. The Bertz CT molecular complexity index is 396. The lowest BCUT2D eigenvalue weighted by Gasteiger charge is -2.35. The van der Waals surface area contributed by atoms with E-state index in [0.717, 1.165) is 12.2 Å². The normalized spacial score (nSPS) is 27.3. The maximum atomic E-state index is 12.1. The Balaban J connectivity index is 3.08. The van der Waals surface area contributed by atoms with Crippen LogP contribution in [0.2, 0.25) is 0 Å². The van der Waals surface area contributed by atoms with Crippen molar-refractivity contribution in [3.8, 4) is 0 Å². The number of aliphatic carboxylic acids is 1. The maximum absolute atomic E-state index is 12.1. The Kier molecular flexibility index (Phi) is 4.97. The summed E-state index contributed by atoms with van der Waals surface area (Å²) in [5.74, 6) is -2.18. The van der Waals surface area contributed by atoms with Gasteiger partial charge < -0.3 is 15.0 Å². The SMILES string of the molecule is O=CC1CCC=CC1(CCO)C(=O)/C=C/C(=O)O. The molecular weight excluding hydrogens is 236 g/mol. The van der Waals surface area contributed by atoms with E-state index < -0.39 is 23.1 Å². The predicted molar refractivity (Wildman–Crippen MR) is 63.8 cm³/mol. The minimum atomic E-state index is -1.22. The van der Waals surface area contributed by atoms with Crippen LogP contribution in [0.15, 0.2) is 24.3 Å². The second-order valence-corrected chi connectivity index (χ2v) is 4.27. The fourth-order valence-electron chi connectivity index (χ4n) is 2.28. The molecule has 0 radical (unpaired) electrons. The van der Waals surface area contributed by atoms with Gasteiger partial charge in [-0.2, -0.15) is 0 Å². The summed E-state index contributed by atoms with van der Waals surface area (Å²) in [5.41, 5.74) is -1.10. The van der Waals surface area contributed by atoms with E-state index >= 15 is 0 Å². The third-order valence-electron chi connectivity index (χ3n) is 3.25. The molecule has 0 amide bonds. The first kappa shape index (κ1) is 14.3. The number of carbonyl (C=O) groups is 3. The van der Waals surface area contributed by atoms with Crippen LogP contribution in [0.4, 0.5) is 0 Å². The van der Waals surface area contributed by atoms with Gasteiger partial charge in [-0.05, 0) is 25.3 Å². The molecule has 2 unspecified atom stereocenters. The molecule has 0 saturated carbocycles. The summed E-state index contributed by atoms with van der Waals surface area (Å²) >= 11 is 0. The number of carboxylic acids is 1. The Morgan fingerprint density at radius 2 is 2.11 bits per heavy atom. The van der Waals surface area contributed by atoms with Crippen molar-refractivity contribution in [2.45, 2.75) is 19.3 Å². The number of carbonyl (C=O) groups excluding carboxylic acids is 2. The van der Waals surface area contributed by atoms with Gasteiger partial charge in [0.25, 0.3) is 0 Å². The van der Waals surface area contributed by atoms with Crippen LogP contribution in [-0.4, -0.2) is 34.9 Å². The highest BCUT2D eigenvalue weighted by Crippen LogP contribution is 2.40. The van der Waals surface area contributed by atoms with E-state index in [1.54, 1.807) is 12.2 Å². The number of allylic oxidation sites excluding steroid dienone is 3. The van der Waals surface area contributed by atoms with E-state index in [9.17, 15) is 14.4 Å². The van der Waals surface area contributed by atoms with Crippen LogP contribution in [0, 0.1) is 11.3 Å². The van der Waals surface area contributed by atoms with Crippen molar-refractivity contribution in [3.05, 3.63) is 24.3 Å². The van der Waals surface area contributed by atoms with Gasteiger partial charge in [-0.1, -0.05) is 12.2 Å². The third kappa shape index (κ3) is 2.92. The molecule has 98 valence electrons. The topological polar surface area (TPSA) is 91.7 Å². The number of rotatable bonds is 6. The van der Waals surface area contributed by atoms with Gasteiger partial charge in [0.15, 0.2) is 5.78 Å². The fourth-order valence-corrected chi connectivity index (χ4v) is 2.28. The lowest BCUT2D eigenvalue weighted by Crippen LogP contribution is -2.39. The van der Waals surface area contributed by atoms with E-state index in [1.165, 1.54) is 0 Å². The first-order chi connectivity index (χ1) is 8.56. The van der Waals surface area contributed by atoms with E-state index in [-0.39, 0.29) is 13.0 Å². The molecule has 0 aliphatic heterocycles. The highest BCUT2D eigenvalue weighted by atomic mass is 16.4. The number of aliphatic hydroxyl groups is 1. The largest absolute Gasteiger partial charge is 0.478 e. The van der Waals surface area contributed by atoms with Gasteiger partial charge >= 0.3 is 5.97 Å². The van der Waals surface area contributed by atoms with Gasteiger partial charge in [-0.25, -0.2) is 4.79 Å². The van der Waals surface area contributed by atoms with E-state index in [1.807, 2.05) is 0 Å². The summed E-state index contributed by atoms with van der Waals surface area (Å²) in [6.45, 7) is -0.235. The molecule has 1 rings (SSSR count). The Morgan fingerprint density at radius 3 is 2.67 bits per heavy atom. The number of carboxylic acid groups (broad SMARTS) is 1. The van der Waals surface area contributed by atoms with Crippen LogP contribution in [0.3, 0.4) is 0 Å². The van der Waals surface area contributed by atoms with Crippen molar-refractivity contribution < 1.29 is 24.6 Å². The van der Waals surface area contributed by atoms with Crippen molar-refractivity contribution in [1.82, 2.24) is 0 Å². The molecule has 5 nitrogen and oxygen atoms in total. The molecule has 1 aliphatic carbocycles. The van der Waals surface area contributed by atoms with Crippen molar-refractivity contribution in [2.24, 2.45) is 11.3 Å². The molecule has 0 saturated heterocycles. The zero-order chi connectivity index (χ0) is 13.6. The molecule has 2 atom stereocenters. The van der Waals surface area contributed by atoms with Gasteiger partial charge in [0.1, 0.15) is 6.29 Å². The highest BCUT2D eigenvalue weighted by molar-refractivity contribution is 6.01. The van der Waals surface area contributed by atoms with Gasteiger partial charge in [-0.15, -0.1) is 0 Å². The number of ketones is 1. The molecular formula is C13H16O5. The van der Waals surface area contributed by atoms with E-state index in [0.29, 0.717) is 19.1 Å². The van der Waals surface area contributed by atoms with Gasteiger partial charge in [0.05, 0.1) is 5.41 Å². The summed E-state index contributed by atoms with van der Waals surface area (Å²) < 4.78 is 0. The second-order valence-electron chi connectivity index (χ2n) is 4.27. The molecule has 2 N–H and O–H groups in total. The van der Waals surface area contributed by atoms with Crippen LogP contribution in [0.25, 0.3) is 0 Å². The number of hydrogen-bond donors (Lipinski definition) is 2. The predicted octanol–water partition coefficient (Wildman–Crippen LogP) is 0.730. The second kappa shape index (κ2) is 6.26. The molecule has 0 aromatic carbocycles. The summed E-state index contributed by atoms with van der Waals surface area (Å²) in [5, 5.41) is 17.6. The fraction of sp³-hybridized carbons (Fsp3) is 0.462. The third-order valence-corrected chi connectivity index (χ3v) is 3.25. The maximum Gasteiger partial charge on any atom is 0.328 e. The van der Waals surface area contributed by atoms with Gasteiger partial charge in [0, 0.05) is 18.6 Å². The average molecular weight is 252 g/mol. The van der Waals surface area contributed by atoms with Gasteiger partial charge in [0.2, 0.25) is 0 Å². The monoisotopic (exact) mass is 252 g/mol. The quantitative estimate of drug-likeness (QED) is 0.413. The molecule has 0 aromatic heterocycles. The van der Waals surface area contributed by atoms with Crippen LogP contribution < -0.4 is 0 Å². The highest BCUT2D eigenvalue weighted by Gasteiger charge is 2.42. The molecule has 0 bridgehead atoms. The minimum absolute atomic E-state index is 0.121. The zero-order valence-corrected chi connectivity index (χ0v) is 9.91. The summed E-state index contributed by atoms with van der Waals surface area (Å²) in [4.78, 5) is 33.6. The van der Waals surface area contributed by atoms with Crippen LogP contribution in [0.5, 0.6) is 0 Å². The smallest absolute Gasteiger partial charge is 0.328 e. The number of aliphatic hydroxyl groups excluding tert-OH is 1. The molecule has 5 heteroatoms. The molecule has 0 spiro atoms. The molecule has 0 aromatic rings. The molecule has 0 fully saturated rings. The number of aldehydes is 1. The Hall–Kier alpha value is -1.75.